The van der Waals surface area contributed by atoms with E-state index >= 15 is 0 Å². The fourth-order valence-corrected chi connectivity index (χ4v) is 0.957. The number of hydrogen-bond acceptors (Lipinski definition) is 2. The number of aryl methyl sites for hydroxylation is 1. The van der Waals surface area contributed by atoms with E-state index in [9.17, 15) is 4.79 Å². The van der Waals surface area contributed by atoms with Crippen molar-refractivity contribution >= 4 is 22.2 Å². The van der Waals surface area contributed by atoms with Gasteiger partial charge in [0, 0.05) is 10.2 Å². The summed E-state index contributed by atoms with van der Waals surface area (Å²) in [5.41, 5.74) is 1.31. The zero-order chi connectivity index (χ0) is 7.56. The Hall–Kier alpha value is -0.700. The van der Waals surface area contributed by atoms with Gasteiger partial charge in [-0.15, -0.1) is 0 Å². The summed E-state index contributed by atoms with van der Waals surface area (Å²) >= 11 is 3.20. The van der Waals surface area contributed by atoms with Crippen molar-refractivity contribution in [3.63, 3.8) is 0 Å². The molecular formula is C7H6BrNO. The van der Waals surface area contributed by atoms with Gasteiger partial charge in [0.05, 0.1) is 0 Å². The second-order valence-electron chi connectivity index (χ2n) is 1.94. The smallest absolute Gasteiger partial charge is 0.169 e. The van der Waals surface area contributed by atoms with Crippen LogP contribution in [0.4, 0.5) is 0 Å². The summed E-state index contributed by atoms with van der Waals surface area (Å²) in [5.74, 6) is 0. The molecule has 52 valence electrons. The van der Waals surface area contributed by atoms with Crippen LogP contribution < -0.4 is 0 Å². The normalized spacial score (nSPS) is 9.40. The maximum atomic E-state index is 10.3. The minimum Gasteiger partial charge on any atom is -0.296 e. The first-order valence-electron chi connectivity index (χ1n) is 2.82. The Kier molecular flexibility index (Phi) is 2.17. The monoisotopic (exact) mass is 199 g/mol. The Labute approximate surface area is 67.4 Å². The molecule has 10 heavy (non-hydrogen) atoms. The quantitative estimate of drug-likeness (QED) is 0.648. The van der Waals surface area contributed by atoms with E-state index in [0.29, 0.717) is 5.69 Å². The lowest BCUT2D eigenvalue weighted by Gasteiger charge is -1.94. The molecule has 0 aliphatic heterocycles. The zero-order valence-corrected chi connectivity index (χ0v) is 7.05. The van der Waals surface area contributed by atoms with Gasteiger partial charge in [-0.1, -0.05) is 0 Å². The first kappa shape index (κ1) is 7.41. The molecule has 2 nitrogen and oxygen atoms in total. The van der Waals surface area contributed by atoms with Crippen LogP contribution >= 0.6 is 15.9 Å². The predicted molar refractivity (Wildman–Crippen MR) is 42.1 cm³/mol. The third kappa shape index (κ3) is 1.42. The Morgan fingerprint density at radius 2 is 2.30 bits per heavy atom. The van der Waals surface area contributed by atoms with Crippen molar-refractivity contribution in [1.29, 1.82) is 0 Å². The second-order valence-corrected chi connectivity index (χ2v) is 2.79. The topological polar surface area (TPSA) is 30.0 Å². The SMILES string of the molecule is Cc1ccc(Br)c(C=O)n1. The fraction of sp³-hybridized carbons (Fsp3) is 0.143. The zero-order valence-electron chi connectivity index (χ0n) is 5.47. The van der Waals surface area contributed by atoms with Crippen LogP contribution in [0, 0.1) is 6.92 Å². The number of aromatic nitrogens is 1. The predicted octanol–water partition coefficient (Wildman–Crippen LogP) is 1.97. The average molecular weight is 200 g/mol. The number of aldehydes is 1. The summed E-state index contributed by atoms with van der Waals surface area (Å²) in [6.07, 6.45) is 0.733. The van der Waals surface area contributed by atoms with Crippen LogP contribution in [0.5, 0.6) is 0 Å². The molecule has 0 aliphatic rings. The molecule has 0 atom stereocenters. The summed E-state index contributed by atoms with van der Waals surface area (Å²) in [6, 6.07) is 3.66. The second kappa shape index (κ2) is 2.92. The van der Waals surface area contributed by atoms with E-state index in [1.54, 1.807) is 0 Å². The highest BCUT2D eigenvalue weighted by molar-refractivity contribution is 9.10. The van der Waals surface area contributed by atoms with Crippen LogP contribution in [-0.2, 0) is 0 Å². The number of carbonyl (C=O) groups is 1. The molecule has 0 fully saturated rings. The molecular weight excluding hydrogens is 194 g/mol. The molecule has 0 bridgehead atoms. The Balaban J connectivity index is 3.21. The first-order chi connectivity index (χ1) is 4.74. The number of halogens is 1. The number of rotatable bonds is 1. The third-order valence-electron chi connectivity index (χ3n) is 1.12. The summed E-state index contributed by atoms with van der Waals surface area (Å²) in [7, 11) is 0. The molecule has 0 aliphatic carbocycles. The van der Waals surface area contributed by atoms with Crippen LogP contribution in [0.3, 0.4) is 0 Å². The third-order valence-corrected chi connectivity index (χ3v) is 1.79. The van der Waals surface area contributed by atoms with Crippen LogP contribution in [0.1, 0.15) is 16.2 Å². The van der Waals surface area contributed by atoms with Crippen LogP contribution in [0.2, 0.25) is 0 Å². The largest absolute Gasteiger partial charge is 0.296 e. The maximum Gasteiger partial charge on any atom is 0.169 e. The van der Waals surface area contributed by atoms with Gasteiger partial charge >= 0.3 is 0 Å². The van der Waals surface area contributed by atoms with Crippen molar-refractivity contribution < 1.29 is 4.79 Å². The van der Waals surface area contributed by atoms with Crippen molar-refractivity contribution in [2.24, 2.45) is 0 Å². The van der Waals surface area contributed by atoms with Crippen molar-refractivity contribution in [3.05, 3.63) is 28.0 Å². The lowest BCUT2D eigenvalue weighted by Crippen LogP contribution is -1.89. The number of pyridine rings is 1. The molecule has 3 heteroatoms. The molecule has 0 radical (unpaired) electrons. The Morgan fingerprint density at radius 3 is 2.80 bits per heavy atom. The van der Waals surface area contributed by atoms with E-state index in [-0.39, 0.29) is 0 Å². The summed E-state index contributed by atoms with van der Waals surface area (Å²) in [4.78, 5) is 14.3. The van der Waals surface area contributed by atoms with Gasteiger partial charge in [0.25, 0.3) is 0 Å². The highest BCUT2D eigenvalue weighted by Crippen LogP contribution is 2.12. The van der Waals surface area contributed by atoms with Gasteiger partial charge in [-0.25, -0.2) is 4.98 Å². The van der Waals surface area contributed by atoms with E-state index in [2.05, 4.69) is 20.9 Å². The molecule has 0 saturated heterocycles. The van der Waals surface area contributed by atoms with Gasteiger partial charge < -0.3 is 0 Å². The molecule has 0 unspecified atom stereocenters. The van der Waals surface area contributed by atoms with Gasteiger partial charge in [-0.3, -0.25) is 4.79 Å². The molecule has 0 saturated carbocycles. The van der Waals surface area contributed by atoms with Crippen molar-refractivity contribution in [3.8, 4) is 0 Å². The van der Waals surface area contributed by atoms with Crippen molar-refractivity contribution in [2.45, 2.75) is 6.92 Å². The first-order valence-corrected chi connectivity index (χ1v) is 3.61. The molecule has 0 N–H and O–H groups in total. The van der Waals surface area contributed by atoms with Crippen LogP contribution in [-0.4, -0.2) is 11.3 Å². The summed E-state index contributed by atoms with van der Waals surface area (Å²) in [5, 5.41) is 0. The molecule has 1 heterocycles. The lowest BCUT2D eigenvalue weighted by molar-refractivity contribution is 0.111. The Morgan fingerprint density at radius 1 is 1.60 bits per heavy atom. The van der Waals surface area contributed by atoms with Gasteiger partial charge in [0.1, 0.15) is 5.69 Å². The molecule has 1 aromatic rings. The molecule has 0 aromatic carbocycles. The van der Waals surface area contributed by atoms with Gasteiger partial charge in [-0.2, -0.15) is 0 Å². The van der Waals surface area contributed by atoms with Crippen LogP contribution in [0.15, 0.2) is 16.6 Å². The maximum absolute atomic E-state index is 10.3. The standard InChI is InChI=1S/C7H6BrNO/c1-5-2-3-6(8)7(4-10)9-5/h2-4H,1H3. The van der Waals surface area contributed by atoms with Gasteiger partial charge in [0.15, 0.2) is 6.29 Å². The fourth-order valence-electron chi connectivity index (χ4n) is 0.642. The van der Waals surface area contributed by atoms with Crippen molar-refractivity contribution in [1.82, 2.24) is 4.98 Å². The number of hydrogen-bond donors (Lipinski definition) is 0. The molecule has 1 aromatic heterocycles. The lowest BCUT2D eigenvalue weighted by atomic mass is 10.3. The minimum absolute atomic E-state index is 0.458. The van der Waals surface area contributed by atoms with Crippen molar-refractivity contribution in [2.75, 3.05) is 0 Å². The van der Waals surface area contributed by atoms with E-state index < -0.39 is 0 Å². The summed E-state index contributed by atoms with van der Waals surface area (Å²) in [6.45, 7) is 1.85. The molecule has 0 amide bonds. The van der Waals surface area contributed by atoms with E-state index in [0.717, 1.165) is 16.5 Å². The molecule has 0 spiro atoms. The van der Waals surface area contributed by atoms with E-state index in [4.69, 9.17) is 0 Å². The summed E-state index contributed by atoms with van der Waals surface area (Å²) < 4.78 is 0.744. The average Bonchev–Trinajstić information content (AvgIpc) is 1.94. The highest BCUT2D eigenvalue weighted by Gasteiger charge is 1.97. The van der Waals surface area contributed by atoms with Gasteiger partial charge in [-0.05, 0) is 35.0 Å². The number of nitrogens with zero attached hydrogens (tertiary/aromatic N) is 1. The van der Waals surface area contributed by atoms with E-state index in [1.807, 2.05) is 19.1 Å². The highest BCUT2D eigenvalue weighted by atomic mass is 79.9. The Bertz CT molecular complexity index is 260. The van der Waals surface area contributed by atoms with E-state index in [1.165, 1.54) is 0 Å². The number of carbonyl (C=O) groups excluding carboxylic acids is 1. The minimum atomic E-state index is 0.458. The van der Waals surface area contributed by atoms with Crippen LogP contribution in [0.25, 0.3) is 0 Å². The molecule has 1 rings (SSSR count). The van der Waals surface area contributed by atoms with Gasteiger partial charge in [0.2, 0.25) is 0 Å².